The number of rotatable bonds is 6. The van der Waals surface area contributed by atoms with Gasteiger partial charge in [0.1, 0.15) is 4.90 Å². The van der Waals surface area contributed by atoms with E-state index in [2.05, 4.69) is 4.72 Å². The molecule has 0 spiro atoms. The molecule has 0 fully saturated rings. The van der Waals surface area contributed by atoms with E-state index in [4.69, 9.17) is 15.6 Å². The number of carbonyl (C=O) groups is 1. The van der Waals surface area contributed by atoms with Gasteiger partial charge in [0.25, 0.3) is 0 Å². The van der Waals surface area contributed by atoms with Gasteiger partial charge in [-0.15, -0.1) is 0 Å². The molecule has 1 aromatic rings. The fraction of sp³-hybridized carbons (Fsp3) is 0.364. The lowest BCUT2D eigenvalue weighted by Crippen LogP contribution is -2.32. The normalized spacial score (nSPS) is 13.2. The number of nitrogens with two attached hydrogens (primary N) is 1. The van der Waals surface area contributed by atoms with E-state index < -0.39 is 16.0 Å². The number of benzene rings is 1. The van der Waals surface area contributed by atoms with Gasteiger partial charge in [0.15, 0.2) is 0 Å². The first-order valence-corrected chi connectivity index (χ1v) is 6.91. The molecule has 4 N–H and O–H groups in total. The van der Waals surface area contributed by atoms with Crippen molar-refractivity contribution in [2.45, 2.75) is 17.9 Å². The van der Waals surface area contributed by atoms with Gasteiger partial charge in [-0.25, -0.2) is 17.9 Å². The number of carboxylic acids is 1. The number of hydrogen-bond acceptors (Lipinski definition) is 5. The van der Waals surface area contributed by atoms with E-state index in [-0.39, 0.29) is 28.8 Å². The summed E-state index contributed by atoms with van der Waals surface area (Å²) in [6, 6.07) is 3.46. The standard InChI is InChI=1S/C11H16N2O5S/c1-7(18-2)6-13-19(16,17)10-4-3-8(11(14)15)5-9(10)12/h3-5,7,13H,6,12H2,1-2H3,(H,14,15). The molecule has 0 radical (unpaired) electrons. The first-order chi connectivity index (χ1) is 8.77. The summed E-state index contributed by atoms with van der Waals surface area (Å²) in [4.78, 5) is 10.6. The number of ether oxygens (including phenoxy) is 1. The highest BCUT2D eigenvalue weighted by Crippen LogP contribution is 2.19. The summed E-state index contributed by atoms with van der Waals surface area (Å²) < 4.78 is 31.2. The van der Waals surface area contributed by atoms with Crippen LogP contribution in [-0.4, -0.2) is 39.3 Å². The predicted molar refractivity (Wildman–Crippen MR) is 69.5 cm³/mol. The van der Waals surface area contributed by atoms with Crippen LogP contribution in [0.4, 0.5) is 5.69 Å². The van der Waals surface area contributed by atoms with Gasteiger partial charge in [-0.05, 0) is 25.1 Å². The van der Waals surface area contributed by atoms with Gasteiger partial charge in [0.05, 0.1) is 17.4 Å². The Bertz CT molecular complexity index is 570. The summed E-state index contributed by atoms with van der Waals surface area (Å²) in [5.74, 6) is -1.17. The van der Waals surface area contributed by atoms with E-state index in [9.17, 15) is 13.2 Å². The minimum absolute atomic E-state index is 0.0679. The van der Waals surface area contributed by atoms with Gasteiger partial charge < -0.3 is 15.6 Å². The quantitative estimate of drug-likeness (QED) is 0.647. The Morgan fingerprint density at radius 2 is 2.16 bits per heavy atom. The van der Waals surface area contributed by atoms with Gasteiger partial charge in [0.2, 0.25) is 10.0 Å². The third kappa shape index (κ3) is 3.91. The SMILES string of the molecule is COC(C)CNS(=O)(=O)c1ccc(C(=O)O)cc1N. The van der Waals surface area contributed by atoms with Crippen molar-refractivity contribution in [3.8, 4) is 0 Å². The molecule has 1 aromatic carbocycles. The third-order valence-electron chi connectivity index (χ3n) is 2.51. The average molecular weight is 288 g/mol. The molecule has 0 aliphatic carbocycles. The van der Waals surface area contributed by atoms with Crippen molar-refractivity contribution in [1.29, 1.82) is 0 Å². The van der Waals surface area contributed by atoms with E-state index in [1.807, 2.05) is 0 Å². The zero-order chi connectivity index (χ0) is 14.6. The van der Waals surface area contributed by atoms with E-state index in [1.165, 1.54) is 19.2 Å². The van der Waals surface area contributed by atoms with Crippen LogP contribution in [0, 0.1) is 0 Å². The minimum Gasteiger partial charge on any atom is -0.478 e. The Labute approximate surface area is 111 Å². The molecule has 0 saturated carbocycles. The summed E-state index contributed by atoms with van der Waals surface area (Å²) in [6.07, 6.45) is -0.283. The van der Waals surface area contributed by atoms with Gasteiger partial charge >= 0.3 is 5.97 Å². The molecular formula is C11H16N2O5S. The Morgan fingerprint density at radius 3 is 2.63 bits per heavy atom. The van der Waals surface area contributed by atoms with Crippen LogP contribution in [0.2, 0.25) is 0 Å². The maximum Gasteiger partial charge on any atom is 0.335 e. The number of nitrogen functional groups attached to an aromatic ring is 1. The highest BCUT2D eigenvalue weighted by molar-refractivity contribution is 7.89. The molecule has 1 rings (SSSR count). The van der Waals surface area contributed by atoms with Gasteiger partial charge in [-0.1, -0.05) is 0 Å². The van der Waals surface area contributed by atoms with Crippen molar-refractivity contribution in [1.82, 2.24) is 4.72 Å². The number of hydrogen-bond donors (Lipinski definition) is 3. The average Bonchev–Trinajstić information content (AvgIpc) is 2.35. The highest BCUT2D eigenvalue weighted by Gasteiger charge is 2.19. The molecule has 0 bridgehead atoms. The van der Waals surface area contributed by atoms with Crippen LogP contribution in [0.15, 0.2) is 23.1 Å². The molecule has 0 amide bonds. The van der Waals surface area contributed by atoms with Crippen molar-refractivity contribution in [2.75, 3.05) is 19.4 Å². The summed E-state index contributed by atoms with van der Waals surface area (Å²) in [5, 5.41) is 8.77. The Kier molecular flexibility index (Phi) is 4.87. The van der Waals surface area contributed by atoms with Gasteiger partial charge in [0, 0.05) is 13.7 Å². The summed E-state index contributed by atoms with van der Waals surface area (Å²) in [6.45, 7) is 1.80. The van der Waals surface area contributed by atoms with Crippen LogP contribution in [0.3, 0.4) is 0 Å². The van der Waals surface area contributed by atoms with Crippen molar-refractivity contribution in [3.05, 3.63) is 23.8 Å². The minimum atomic E-state index is -3.79. The molecule has 7 nitrogen and oxygen atoms in total. The van der Waals surface area contributed by atoms with Crippen molar-refractivity contribution < 1.29 is 23.1 Å². The number of nitrogens with one attached hydrogen (secondary N) is 1. The maximum absolute atomic E-state index is 12.0. The van der Waals surface area contributed by atoms with Crippen molar-refractivity contribution in [2.24, 2.45) is 0 Å². The lowest BCUT2D eigenvalue weighted by atomic mass is 10.2. The molecule has 106 valence electrons. The largest absolute Gasteiger partial charge is 0.478 e. The lowest BCUT2D eigenvalue weighted by molar-refractivity contribution is 0.0697. The Balaban J connectivity index is 2.99. The highest BCUT2D eigenvalue weighted by atomic mass is 32.2. The molecule has 0 aliphatic rings. The van der Waals surface area contributed by atoms with E-state index in [0.29, 0.717) is 0 Å². The maximum atomic E-state index is 12.0. The topological polar surface area (TPSA) is 119 Å². The van der Waals surface area contributed by atoms with Crippen LogP contribution in [0.5, 0.6) is 0 Å². The molecule has 0 heterocycles. The molecule has 0 saturated heterocycles. The molecule has 1 unspecified atom stereocenters. The molecule has 19 heavy (non-hydrogen) atoms. The van der Waals surface area contributed by atoms with Crippen LogP contribution in [0.1, 0.15) is 17.3 Å². The number of carboxylic acid groups (broad SMARTS) is 1. The zero-order valence-corrected chi connectivity index (χ0v) is 11.4. The number of anilines is 1. The molecule has 0 aliphatic heterocycles. The lowest BCUT2D eigenvalue weighted by Gasteiger charge is -2.12. The van der Waals surface area contributed by atoms with Crippen LogP contribution < -0.4 is 10.5 Å². The van der Waals surface area contributed by atoms with Crippen LogP contribution in [-0.2, 0) is 14.8 Å². The second-order valence-corrected chi connectivity index (χ2v) is 5.69. The third-order valence-corrected chi connectivity index (χ3v) is 4.01. The number of aromatic carboxylic acids is 1. The smallest absolute Gasteiger partial charge is 0.335 e. The van der Waals surface area contributed by atoms with Crippen molar-refractivity contribution >= 4 is 21.7 Å². The molecule has 1 atom stereocenters. The fourth-order valence-corrected chi connectivity index (χ4v) is 2.54. The van der Waals surface area contributed by atoms with E-state index in [0.717, 1.165) is 6.07 Å². The van der Waals surface area contributed by atoms with Crippen LogP contribution in [0.25, 0.3) is 0 Å². The molecule has 0 aromatic heterocycles. The summed E-state index contributed by atoms with van der Waals surface area (Å²) >= 11 is 0. The van der Waals surface area contributed by atoms with Crippen LogP contribution >= 0.6 is 0 Å². The zero-order valence-electron chi connectivity index (χ0n) is 10.6. The molecular weight excluding hydrogens is 272 g/mol. The van der Waals surface area contributed by atoms with E-state index >= 15 is 0 Å². The van der Waals surface area contributed by atoms with E-state index in [1.54, 1.807) is 6.92 Å². The molecule has 8 heteroatoms. The second kappa shape index (κ2) is 6.00. The Morgan fingerprint density at radius 1 is 1.53 bits per heavy atom. The monoisotopic (exact) mass is 288 g/mol. The van der Waals surface area contributed by atoms with Crippen molar-refractivity contribution in [3.63, 3.8) is 0 Å². The first-order valence-electron chi connectivity index (χ1n) is 5.43. The van der Waals surface area contributed by atoms with Gasteiger partial charge in [-0.3, -0.25) is 0 Å². The summed E-state index contributed by atoms with van der Waals surface area (Å²) in [5.41, 5.74) is 5.39. The predicted octanol–water partition coefficient (Wildman–Crippen LogP) is 0.280. The summed E-state index contributed by atoms with van der Waals surface area (Å²) in [7, 11) is -2.32. The second-order valence-electron chi connectivity index (χ2n) is 3.96. The fourth-order valence-electron chi connectivity index (χ4n) is 1.31. The number of methoxy groups -OCH3 is 1. The van der Waals surface area contributed by atoms with Gasteiger partial charge in [-0.2, -0.15) is 0 Å². The first kappa shape index (κ1) is 15.4. The Hall–Kier alpha value is -1.64. The number of sulfonamides is 1.